The number of rotatable bonds is 6. The molecule has 0 fully saturated rings. The van der Waals surface area contributed by atoms with Gasteiger partial charge in [-0.2, -0.15) is 0 Å². The van der Waals surface area contributed by atoms with Crippen LogP contribution in [0.5, 0.6) is 0 Å². The van der Waals surface area contributed by atoms with Crippen LogP contribution in [0.25, 0.3) is 11.3 Å². The van der Waals surface area contributed by atoms with Crippen LogP contribution in [-0.4, -0.2) is 15.9 Å². The van der Waals surface area contributed by atoms with Crippen molar-refractivity contribution in [3.05, 3.63) is 123 Å². The van der Waals surface area contributed by atoms with E-state index in [1.807, 2.05) is 73.7 Å². The molecule has 0 aliphatic rings. The van der Waals surface area contributed by atoms with Crippen LogP contribution in [0.1, 0.15) is 33.2 Å². The van der Waals surface area contributed by atoms with E-state index in [4.69, 9.17) is 11.6 Å². The largest absolute Gasteiger partial charge is 0.343 e. The average Bonchev–Trinajstić information content (AvgIpc) is 2.80. The summed E-state index contributed by atoms with van der Waals surface area (Å²) in [5, 5.41) is 3.61. The van der Waals surface area contributed by atoms with E-state index in [0.717, 1.165) is 16.7 Å². The van der Waals surface area contributed by atoms with E-state index >= 15 is 0 Å². The van der Waals surface area contributed by atoms with Crippen molar-refractivity contribution in [2.75, 3.05) is 0 Å². The third-order valence-electron chi connectivity index (χ3n) is 5.19. The van der Waals surface area contributed by atoms with Gasteiger partial charge in [-0.15, -0.1) is 0 Å². The molecule has 1 amide bonds. The Hall–Kier alpha value is -3.70. The maximum Gasteiger partial charge on any atom is 0.261 e. The van der Waals surface area contributed by atoms with E-state index in [2.05, 4.69) is 15.3 Å². The van der Waals surface area contributed by atoms with E-state index in [0.29, 0.717) is 22.8 Å². The molecule has 4 aromatic rings. The zero-order valence-electron chi connectivity index (χ0n) is 17.5. The van der Waals surface area contributed by atoms with Gasteiger partial charge in [0.1, 0.15) is 5.56 Å². The Balaban J connectivity index is 1.59. The molecule has 5 nitrogen and oxygen atoms in total. The second kappa shape index (κ2) is 9.62. The van der Waals surface area contributed by atoms with Gasteiger partial charge in [0, 0.05) is 16.9 Å². The predicted octanol–water partition coefficient (Wildman–Crippen LogP) is 5.11. The number of H-pyrrole nitrogens is 1. The average molecular weight is 444 g/mol. The Morgan fingerprint density at radius 3 is 2.53 bits per heavy atom. The number of aromatic amines is 1. The third kappa shape index (κ3) is 5.13. The van der Waals surface area contributed by atoms with Gasteiger partial charge in [-0.25, -0.2) is 0 Å². The standard InChI is InChI=1S/C26H22ClN3O2/c1-17-5-4-6-19(15-17)22-13-12-21(25(31)29-22)26(32)30-24(23-7-2-3-14-28-23)16-18-8-10-20(27)11-9-18/h2-15,24H,16H2,1H3,(H,29,31)(H,30,32)/t24-/m0/s1. The van der Waals surface area contributed by atoms with Gasteiger partial charge >= 0.3 is 0 Å². The van der Waals surface area contributed by atoms with Crippen LogP contribution in [0.2, 0.25) is 5.02 Å². The molecule has 2 aromatic heterocycles. The second-order valence-corrected chi connectivity index (χ2v) is 8.03. The number of benzene rings is 2. The quantitative estimate of drug-likeness (QED) is 0.434. The van der Waals surface area contributed by atoms with Gasteiger partial charge in [0.05, 0.1) is 11.7 Å². The van der Waals surface area contributed by atoms with Crippen molar-refractivity contribution in [2.45, 2.75) is 19.4 Å². The molecule has 0 radical (unpaired) electrons. The number of carbonyl (C=O) groups excluding carboxylic acids is 1. The van der Waals surface area contributed by atoms with Crippen LogP contribution < -0.4 is 10.9 Å². The summed E-state index contributed by atoms with van der Waals surface area (Å²) in [6.07, 6.45) is 2.19. The molecule has 2 N–H and O–H groups in total. The smallest absolute Gasteiger partial charge is 0.261 e. The number of nitrogens with one attached hydrogen (secondary N) is 2. The van der Waals surface area contributed by atoms with E-state index in [9.17, 15) is 9.59 Å². The van der Waals surface area contributed by atoms with Crippen LogP contribution in [0.4, 0.5) is 0 Å². The Morgan fingerprint density at radius 1 is 1.03 bits per heavy atom. The molecule has 0 saturated carbocycles. The molecule has 0 saturated heterocycles. The highest BCUT2D eigenvalue weighted by Gasteiger charge is 2.20. The first-order valence-corrected chi connectivity index (χ1v) is 10.6. The summed E-state index contributed by atoms with van der Waals surface area (Å²) in [5.41, 5.74) is 3.97. The van der Waals surface area contributed by atoms with E-state index in [1.54, 1.807) is 18.3 Å². The predicted molar refractivity (Wildman–Crippen MR) is 127 cm³/mol. The number of nitrogens with zero attached hydrogens (tertiary/aromatic N) is 1. The molecule has 0 aliphatic carbocycles. The Morgan fingerprint density at radius 2 is 1.84 bits per heavy atom. The van der Waals surface area contributed by atoms with Gasteiger partial charge in [0.15, 0.2) is 0 Å². The first kappa shape index (κ1) is 21.5. The maximum absolute atomic E-state index is 13.0. The molecule has 0 unspecified atom stereocenters. The molecule has 1 atom stereocenters. The maximum atomic E-state index is 13.0. The number of hydrogen-bond acceptors (Lipinski definition) is 3. The molecule has 4 rings (SSSR count). The summed E-state index contributed by atoms with van der Waals surface area (Å²) in [7, 11) is 0. The van der Waals surface area contributed by atoms with Crippen molar-refractivity contribution >= 4 is 17.5 Å². The van der Waals surface area contributed by atoms with E-state index in [1.165, 1.54) is 0 Å². The molecule has 160 valence electrons. The Kier molecular flexibility index (Phi) is 6.47. The molecule has 32 heavy (non-hydrogen) atoms. The van der Waals surface area contributed by atoms with Crippen molar-refractivity contribution in [3.8, 4) is 11.3 Å². The molecular weight excluding hydrogens is 422 g/mol. The second-order valence-electron chi connectivity index (χ2n) is 7.60. The topological polar surface area (TPSA) is 74.8 Å². The van der Waals surface area contributed by atoms with Crippen molar-refractivity contribution in [3.63, 3.8) is 0 Å². The fourth-order valence-electron chi connectivity index (χ4n) is 3.54. The fourth-order valence-corrected chi connectivity index (χ4v) is 3.66. The molecule has 0 bridgehead atoms. The van der Waals surface area contributed by atoms with Gasteiger partial charge in [-0.05, 0) is 66.9 Å². The Labute approximate surface area is 191 Å². The van der Waals surface area contributed by atoms with Crippen LogP contribution in [0, 0.1) is 6.92 Å². The van der Waals surface area contributed by atoms with Crippen molar-refractivity contribution in [2.24, 2.45) is 0 Å². The van der Waals surface area contributed by atoms with Crippen LogP contribution in [0.15, 0.2) is 89.9 Å². The molecule has 0 aliphatic heterocycles. The number of pyridine rings is 2. The number of amides is 1. The van der Waals surface area contributed by atoms with Crippen LogP contribution in [-0.2, 0) is 6.42 Å². The van der Waals surface area contributed by atoms with Crippen molar-refractivity contribution in [1.82, 2.24) is 15.3 Å². The third-order valence-corrected chi connectivity index (χ3v) is 5.44. The molecule has 0 spiro atoms. The fraction of sp³-hybridized carbons (Fsp3) is 0.115. The van der Waals surface area contributed by atoms with Crippen molar-refractivity contribution < 1.29 is 4.79 Å². The van der Waals surface area contributed by atoms with E-state index in [-0.39, 0.29) is 5.56 Å². The zero-order valence-corrected chi connectivity index (χ0v) is 18.3. The number of aromatic nitrogens is 2. The number of hydrogen-bond donors (Lipinski definition) is 2. The summed E-state index contributed by atoms with van der Waals surface area (Å²) in [4.78, 5) is 32.9. The molecule has 2 aromatic carbocycles. The molecule has 2 heterocycles. The van der Waals surface area contributed by atoms with E-state index < -0.39 is 17.5 Å². The van der Waals surface area contributed by atoms with Gasteiger partial charge in [-0.1, -0.05) is 53.6 Å². The summed E-state index contributed by atoms with van der Waals surface area (Å²) < 4.78 is 0. The number of halogens is 1. The highest BCUT2D eigenvalue weighted by molar-refractivity contribution is 6.30. The SMILES string of the molecule is Cc1cccc(-c2ccc(C(=O)N[C@@H](Cc3ccc(Cl)cc3)c3ccccn3)c(=O)[nH]2)c1. The van der Waals surface area contributed by atoms with Crippen molar-refractivity contribution in [1.29, 1.82) is 0 Å². The summed E-state index contributed by atoms with van der Waals surface area (Å²) in [5.74, 6) is -0.452. The number of aryl methyl sites for hydroxylation is 1. The Bertz CT molecular complexity index is 1280. The van der Waals surface area contributed by atoms with Crippen LogP contribution >= 0.6 is 11.6 Å². The summed E-state index contributed by atoms with van der Waals surface area (Å²) >= 11 is 5.99. The lowest BCUT2D eigenvalue weighted by molar-refractivity contribution is 0.0934. The number of carbonyl (C=O) groups is 1. The lowest BCUT2D eigenvalue weighted by atomic mass is 10.0. The first-order chi connectivity index (χ1) is 15.5. The molecule has 6 heteroatoms. The minimum Gasteiger partial charge on any atom is -0.343 e. The monoisotopic (exact) mass is 443 g/mol. The normalized spacial score (nSPS) is 11.7. The lowest BCUT2D eigenvalue weighted by Crippen LogP contribution is -2.34. The lowest BCUT2D eigenvalue weighted by Gasteiger charge is -2.18. The highest BCUT2D eigenvalue weighted by Crippen LogP contribution is 2.20. The van der Waals surface area contributed by atoms with Gasteiger partial charge < -0.3 is 10.3 Å². The van der Waals surface area contributed by atoms with Crippen LogP contribution in [0.3, 0.4) is 0 Å². The summed E-state index contributed by atoms with van der Waals surface area (Å²) in [6, 6.07) is 23.7. The first-order valence-electron chi connectivity index (χ1n) is 10.3. The minimum atomic E-state index is -0.452. The minimum absolute atomic E-state index is 0.0541. The van der Waals surface area contributed by atoms with Gasteiger partial charge in [-0.3, -0.25) is 14.6 Å². The molecular formula is C26H22ClN3O2. The summed E-state index contributed by atoms with van der Waals surface area (Å²) in [6.45, 7) is 1.99. The zero-order chi connectivity index (χ0) is 22.5. The highest BCUT2D eigenvalue weighted by atomic mass is 35.5. The van der Waals surface area contributed by atoms with Gasteiger partial charge in [0.25, 0.3) is 11.5 Å². The van der Waals surface area contributed by atoms with Gasteiger partial charge in [0.2, 0.25) is 0 Å².